The molecule has 0 rings (SSSR count). The van der Waals surface area contributed by atoms with Crippen molar-refractivity contribution in [2.75, 3.05) is 47.5 Å². The Kier molecular flexibility index (Phi) is 24.0. The Morgan fingerprint density at radius 2 is 1.29 bits per heavy atom. The van der Waals surface area contributed by atoms with Gasteiger partial charge >= 0.3 is 13.8 Å². The van der Waals surface area contributed by atoms with Crippen LogP contribution in [0.5, 0.6) is 0 Å². The van der Waals surface area contributed by atoms with Crippen molar-refractivity contribution >= 4 is 13.8 Å². The smallest absolute Gasteiger partial charge is 0.463 e. The number of quaternary nitrogens is 1. The van der Waals surface area contributed by atoms with Gasteiger partial charge in [-0.2, -0.15) is 0 Å². The van der Waals surface area contributed by atoms with Gasteiger partial charge in [-0.3, -0.25) is 9.32 Å². The minimum absolute atomic E-state index is 0.0772. The number of carbonyl (C=O) groups is 1. The minimum Gasteiger partial charge on any atom is -0.463 e. The predicted molar refractivity (Wildman–Crippen MR) is 135 cm³/mol. The van der Waals surface area contributed by atoms with Crippen LogP contribution in [0, 0.1) is 0 Å². The number of nitrogens with zero attached hydrogens (tertiary/aromatic N) is 1. The third-order valence-electron chi connectivity index (χ3n) is 5.15. The van der Waals surface area contributed by atoms with Crippen molar-refractivity contribution in [2.45, 2.75) is 103 Å². The summed E-state index contributed by atoms with van der Waals surface area (Å²) in [5, 5.41) is 17.7. The molecule has 34 heavy (non-hydrogen) atoms. The first-order valence-electron chi connectivity index (χ1n) is 12.9. The fourth-order valence-corrected chi connectivity index (χ4v) is 3.35. The molecule has 0 saturated carbocycles. The van der Waals surface area contributed by atoms with Crippen LogP contribution in [-0.2, 0) is 18.6 Å². The quantitative estimate of drug-likeness (QED) is 0.0776. The topological polar surface area (TPSA) is 134 Å². The molecule has 0 aromatic heterocycles. The van der Waals surface area contributed by atoms with Gasteiger partial charge in [-0.05, 0) is 6.42 Å². The molecule has 206 valence electrons. The number of unbranched alkanes of at least 4 members (excludes halogenated alkanes) is 12. The van der Waals surface area contributed by atoms with Gasteiger partial charge in [0, 0.05) is 6.42 Å². The highest BCUT2D eigenvalue weighted by Crippen LogP contribution is 2.35. The summed E-state index contributed by atoms with van der Waals surface area (Å²) in [6.07, 6.45) is 16.1. The van der Waals surface area contributed by atoms with Crippen molar-refractivity contribution in [3.63, 3.8) is 0 Å². The first-order valence-corrected chi connectivity index (χ1v) is 14.4. The van der Waals surface area contributed by atoms with Gasteiger partial charge in [0.2, 0.25) is 0 Å². The molecule has 4 N–H and O–H groups in total. The van der Waals surface area contributed by atoms with Crippen LogP contribution in [0.15, 0.2) is 0 Å². The molecular formula is C24H53NO8P+. The average Bonchev–Trinajstić information content (AvgIpc) is 2.73. The standard InChI is InChI=1S/C19H38O4.C5H14NO4P/c1-2-3-4-5-6-7-8-9-10-11-12-13-14-15-19(22)23-17-18(21)16-20;1-6(2,3)4-5-10-11(7,8)9/h18,20-21H,2-17H2,1H3;4-5H2,1-3H3,(H-,7,8,9)/p+1. The first kappa shape index (κ1) is 35.6. The van der Waals surface area contributed by atoms with Crippen molar-refractivity contribution < 1.29 is 43.1 Å². The van der Waals surface area contributed by atoms with Crippen molar-refractivity contribution in [1.82, 2.24) is 0 Å². The zero-order valence-electron chi connectivity index (χ0n) is 22.1. The fourth-order valence-electron chi connectivity index (χ4n) is 3.03. The Morgan fingerprint density at radius 3 is 1.68 bits per heavy atom. The summed E-state index contributed by atoms with van der Waals surface area (Å²) in [5.74, 6) is -0.277. The van der Waals surface area contributed by atoms with Gasteiger partial charge in [-0.15, -0.1) is 0 Å². The lowest BCUT2D eigenvalue weighted by atomic mass is 10.0. The summed E-state index contributed by atoms with van der Waals surface area (Å²) in [4.78, 5) is 27.9. The Hall–Kier alpha value is -0.540. The molecule has 9 nitrogen and oxygen atoms in total. The van der Waals surface area contributed by atoms with E-state index in [9.17, 15) is 9.36 Å². The molecular weight excluding hydrogens is 461 g/mol. The van der Waals surface area contributed by atoms with Crippen LogP contribution in [0.1, 0.15) is 96.8 Å². The summed E-state index contributed by atoms with van der Waals surface area (Å²) in [6.45, 7) is 2.43. The maximum absolute atomic E-state index is 11.3. The maximum atomic E-state index is 11.3. The molecule has 0 aliphatic carbocycles. The van der Waals surface area contributed by atoms with E-state index in [1.165, 1.54) is 70.6 Å². The normalized spacial score (nSPS) is 12.7. The number of phosphoric acid groups is 1. The van der Waals surface area contributed by atoms with Gasteiger partial charge in [0.15, 0.2) is 0 Å². The van der Waals surface area contributed by atoms with Gasteiger partial charge in [-0.1, -0.05) is 84.0 Å². The lowest BCUT2D eigenvalue weighted by molar-refractivity contribution is -0.870. The Balaban J connectivity index is 0. The molecule has 0 bridgehead atoms. The van der Waals surface area contributed by atoms with Crippen LogP contribution in [0.3, 0.4) is 0 Å². The number of hydrogen-bond acceptors (Lipinski definition) is 6. The molecule has 0 amide bonds. The Morgan fingerprint density at radius 1 is 0.853 bits per heavy atom. The zero-order valence-corrected chi connectivity index (χ0v) is 23.0. The molecule has 0 aliphatic rings. The molecule has 0 spiro atoms. The van der Waals surface area contributed by atoms with Gasteiger partial charge in [0.1, 0.15) is 25.9 Å². The molecule has 0 aromatic rings. The number of aliphatic hydroxyl groups is 2. The highest BCUT2D eigenvalue weighted by molar-refractivity contribution is 7.46. The number of phosphoric ester groups is 1. The predicted octanol–water partition coefficient (Wildman–Crippen LogP) is 4.17. The number of ether oxygens (including phenoxy) is 1. The van der Waals surface area contributed by atoms with Crippen molar-refractivity contribution in [3.8, 4) is 0 Å². The molecule has 0 aromatic carbocycles. The largest absolute Gasteiger partial charge is 0.469 e. The number of hydrogen-bond donors (Lipinski definition) is 4. The van der Waals surface area contributed by atoms with E-state index in [-0.39, 0.29) is 25.8 Å². The third-order valence-corrected chi connectivity index (χ3v) is 5.67. The van der Waals surface area contributed by atoms with Gasteiger partial charge in [0.05, 0.1) is 27.7 Å². The minimum atomic E-state index is -4.26. The van der Waals surface area contributed by atoms with Gasteiger partial charge < -0.3 is 29.2 Å². The second-order valence-corrected chi connectivity index (χ2v) is 11.1. The van der Waals surface area contributed by atoms with E-state index in [4.69, 9.17) is 24.7 Å². The SMILES string of the molecule is CCCCCCCCCCCCCCCC(=O)OCC(O)CO.C[N+](C)(C)CCOP(=O)(O)O. The summed E-state index contributed by atoms with van der Waals surface area (Å²) in [5.41, 5.74) is 0. The summed E-state index contributed by atoms with van der Waals surface area (Å²) in [7, 11) is 1.50. The van der Waals surface area contributed by atoms with E-state index in [0.717, 1.165) is 12.8 Å². The zero-order chi connectivity index (χ0) is 26.3. The summed E-state index contributed by atoms with van der Waals surface area (Å²) >= 11 is 0. The molecule has 0 aliphatic heterocycles. The van der Waals surface area contributed by atoms with Crippen LogP contribution in [0.25, 0.3) is 0 Å². The van der Waals surface area contributed by atoms with Crippen molar-refractivity contribution in [2.24, 2.45) is 0 Å². The number of rotatable bonds is 21. The third kappa shape index (κ3) is 33.6. The molecule has 0 fully saturated rings. The van der Waals surface area contributed by atoms with Crippen molar-refractivity contribution in [3.05, 3.63) is 0 Å². The number of aliphatic hydroxyl groups excluding tert-OH is 2. The summed E-state index contributed by atoms with van der Waals surface area (Å²) in [6, 6.07) is 0. The number of carbonyl (C=O) groups excluding carboxylic acids is 1. The highest BCUT2D eigenvalue weighted by Gasteiger charge is 2.16. The molecule has 1 unspecified atom stereocenters. The first-order chi connectivity index (χ1) is 15.9. The van der Waals surface area contributed by atoms with Gasteiger partial charge in [0.25, 0.3) is 0 Å². The van der Waals surface area contributed by atoms with Crippen molar-refractivity contribution in [1.29, 1.82) is 0 Å². The monoisotopic (exact) mass is 514 g/mol. The lowest BCUT2D eigenvalue weighted by Crippen LogP contribution is -2.37. The number of likely N-dealkylation sites (N-methyl/N-ethyl adjacent to an activating group) is 1. The molecule has 1 atom stereocenters. The van der Waals surface area contributed by atoms with Crippen LogP contribution >= 0.6 is 7.82 Å². The van der Waals surface area contributed by atoms with Gasteiger partial charge in [-0.25, -0.2) is 4.57 Å². The van der Waals surface area contributed by atoms with E-state index in [1.54, 1.807) is 0 Å². The van der Waals surface area contributed by atoms with Crippen LogP contribution in [-0.4, -0.2) is 84.1 Å². The summed E-state index contributed by atoms with van der Waals surface area (Å²) < 4.78 is 19.9. The van der Waals surface area contributed by atoms with Crippen LogP contribution in [0.4, 0.5) is 0 Å². The maximum Gasteiger partial charge on any atom is 0.469 e. The van der Waals surface area contributed by atoms with E-state index >= 15 is 0 Å². The second kappa shape index (κ2) is 22.9. The Labute approximate surface area is 207 Å². The molecule has 10 heteroatoms. The van der Waals surface area contributed by atoms with Crippen LogP contribution in [0.2, 0.25) is 0 Å². The van der Waals surface area contributed by atoms with E-state index < -0.39 is 13.9 Å². The van der Waals surface area contributed by atoms with E-state index in [0.29, 0.717) is 17.4 Å². The highest BCUT2D eigenvalue weighted by atomic mass is 31.2. The second-order valence-electron chi connectivity index (χ2n) is 9.85. The average molecular weight is 515 g/mol. The lowest BCUT2D eigenvalue weighted by Gasteiger charge is -2.23. The van der Waals surface area contributed by atoms with Crippen LogP contribution < -0.4 is 0 Å². The molecule has 0 radical (unpaired) electrons. The number of esters is 1. The Bertz CT molecular complexity index is 508. The molecule has 0 saturated heterocycles. The molecule has 0 heterocycles. The van der Waals surface area contributed by atoms with E-state index in [2.05, 4.69) is 11.4 Å². The van der Waals surface area contributed by atoms with E-state index in [1.807, 2.05) is 21.1 Å². The fraction of sp³-hybridized carbons (Fsp3) is 0.958.